The van der Waals surface area contributed by atoms with Crippen molar-refractivity contribution in [1.82, 2.24) is 5.06 Å². The van der Waals surface area contributed by atoms with E-state index in [-0.39, 0.29) is 6.10 Å². The molecule has 0 amide bonds. The molecule has 0 unspecified atom stereocenters. The fourth-order valence-corrected chi connectivity index (χ4v) is 0.947. The molecule has 0 aromatic carbocycles. The summed E-state index contributed by atoms with van der Waals surface area (Å²) in [7, 11) is 3.63. The van der Waals surface area contributed by atoms with Crippen LogP contribution in [-0.4, -0.2) is 38.0 Å². The highest BCUT2D eigenvalue weighted by Crippen LogP contribution is 2.13. The van der Waals surface area contributed by atoms with Crippen LogP contribution >= 0.6 is 0 Å². The van der Waals surface area contributed by atoms with Crippen LogP contribution in [0.4, 0.5) is 0 Å². The van der Waals surface area contributed by atoms with Gasteiger partial charge in [-0.2, -0.15) is 5.06 Å². The van der Waals surface area contributed by atoms with E-state index in [1.807, 2.05) is 12.1 Å². The van der Waals surface area contributed by atoms with E-state index in [4.69, 9.17) is 9.57 Å². The molecule has 1 heterocycles. The lowest BCUT2D eigenvalue weighted by Gasteiger charge is -2.15. The molecular formula is C6H13NO2. The summed E-state index contributed by atoms with van der Waals surface area (Å²) in [4.78, 5) is 5.18. The molecule has 1 aliphatic heterocycles. The van der Waals surface area contributed by atoms with E-state index in [2.05, 4.69) is 6.92 Å². The maximum atomic E-state index is 5.18. The molecule has 1 rings (SSSR count). The molecule has 0 saturated carbocycles. The monoisotopic (exact) mass is 131 g/mol. The molecule has 0 bridgehead atoms. The van der Waals surface area contributed by atoms with Gasteiger partial charge in [0.1, 0.15) is 0 Å². The number of likely N-dealkylation sites (N-methyl/N-ethyl adjacent to an activating group) is 1. The van der Waals surface area contributed by atoms with Crippen molar-refractivity contribution in [1.29, 1.82) is 0 Å². The predicted molar refractivity (Wildman–Crippen MR) is 34.0 cm³/mol. The summed E-state index contributed by atoms with van der Waals surface area (Å²) in [6, 6.07) is 0.384. The van der Waals surface area contributed by atoms with Crippen LogP contribution in [0.25, 0.3) is 0 Å². The number of hydroxylamine groups is 2. The first-order valence-corrected chi connectivity index (χ1v) is 3.14. The first-order chi connectivity index (χ1) is 4.25. The highest BCUT2D eigenvalue weighted by molar-refractivity contribution is 4.74. The highest BCUT2D eigenvalue weighted by atomic mass is 16.7. The third-order valence-electron chi connectivity index (χ3n) is 1.86. The lowest BCUT2D eigenvalue weighted by Crippen LogP contribution is -2.29. The third kappa shape index (κ3) is 1.23. The van der Waals surface area contributed by atoms with Crippen molar-refractivity contribution >= 4 is 0 Å². The van der Waals surface area contributed by atoms with E-state index in [0.717, 1.165) is 0 Å². The zero-order valence-corrected chi connectivity index (χ0v) is 6.13. The fraction of sp³-hybridized carbons (Fsp3) is 1.00. The van der Waals surface area contributed by atoms with Crippen LogP contribution in [0, 0.1) is 0 Å². The van der Waals surface area contributed by atoms with Crippen molar-refractivity contribution in [3.63, 3.8) is 0 Å². The van der Waals surface area contributed by atoms with Gasteiger partial charge in [0.2, 0.25) is 0 Å². The third-order valence-corrected chi connectivity index (χ3v) is 1.86. The summed E-state index contributed by atoms with van der Waals surface area (Å²) < 4.78 is 5.13. The van der Waals surface area contributed by atoms with Crippen LogP contribution in [0.5, 0.6) is 0 Å². The molecule has 0 radical (unpaired) electrons. The lowest BCUT2D eigenvalue weighted by atomic mass is 10.2. The smallest absolute Gasteiger partial charge is 0.0999 e. The molecule has 0 spiro atoms. The normalized spacial score (nSPS) is 37.7. The van der Waals surface area contributed by atoms with Gasteiger partial charge in [-0.3, -0.25) is 4.84 Å². The van der Waals surface area contributed by atoms with Crippen molar-refractivity contribution in [2.24, 2.45) is 0 Å². The Morgan fingerprint density at radius 2 is 2.33 bits per heavy atom. The average molecular weight is 131 g/mol. The second-order valence-electron chi connectivity index (χ2n) is 2.36. The molecule has 1 fully saturated rings. The highest BCUT2D eigenvalue weighted by Gasteiger charge is 2.28. The van der Waals surface area contributed by atoms with Gasteiger partial charge in [-0.25, -0.2) is 0 Å². The average Bonchev–Trinajstić information content (AvgIpc) is 2.15. The Balaban J connectivity index is 2.41. The molecule has 9 heavy (non-hydrogen) atoms. The standard InChI is InChI=1S/C6H13NO2/c1-5-6(8-3)4-9-7(5)2/h5-6H,4H2,1-3H3/t5-,6-/m0/s1. The second-order valence-corrected chi connectivity index (χ2v) is 2.36. The first-order valence-electron chi connectivity index (χ1n) is 3.14. The number of methoxy groups -OCH3 is 1. The summed E-state index contributed by atoms with van der Waals surface area (Å²) in [6.45, 7) is 2.77. The van der Waals surface area contributed by atoms with E-state index in [1.165, 1.54) is 0 Å². The van der Waals surface area contributed by atoms with Gasteiger partial charge < -0.3 is 4.74 Å². The minimum atomic E-state index is 0.245. The SMILES string of the molecule is CO[C@H]1CON(C)[C@H]1C. The molecule has 3 nitrogen and oxygen atoms in total. The van der Waals surface area contributed by atoms with E-state index in [0.29, 0.717) is 12.6 Å². The van der Waals surface area contributed by atoms with E-state index < -0.39 is 0 Å². The lowest BCUT2D eigenvalue weighted by molar-refractivity contribution is -0.106. The molecule has 1 aliphatic rings. The summed E-state index contributed by atoms with van der Waals surface area (Å²) in [5.41, 5.74) is 0. The van der Waals surface area contributed by atoms with Gasteiger partial charge >= 0.3 is 0 Å². The number of hydrogen-bond acceptors (Lipinski definition) is 3. The summed E-state index contributed by atoms with van der Waals surface area (Å²) in [5, 5.41) is 1.83. The Hall–Kier alpha value is -0.120. The van der Waals surface area contributed by atoms with Crippen LogP contribution in [-0.2, 0) is 9.57 Å². The van der Waals surface area contributed by atoms with Crippen LogP contribution < -0.4 is 0 Å². The van der Waals surface area contributed by atoms with Crippen LogP contribution in [0.15, 0.2) is 0 Å². The topological polar surface area (TPSA) is 21.7 Å². The van der Waals surface area contributed by atoms with Crippen LogP contribution in [0.3, 0.4) is 0 Å². The molecule has 0 N–H and O–H groups in total. The van der Waals surface area contributed by atoms with Crippen LogP contribution in [0.2, 0.25) is 0 Å². The Labute approximate surface area is 55.5 Å². The Morgan fingerprint density at radius 1 is 1.67 bits per heavy atom. The Kier molecular flexibility index (Phi) is 2.05. The van der Waals surface area contributed by atoms with Crippen molar-refractivity contribution in [2.45, 2.75) is 19.1 Å². The van der Waals surface area contributed by atoms with Gasteiger partial charge in [0, 0.05) is 14.2 Å². The minimum Gasteiger partial charge on any atom is -0.377 e. The van der Waals surface area contributed by atoms with Gasteiger partial charge in [0.25, 0.3) is 0 Å². The van der Waals surface area contributed by atoms with Crippen molar-refractivity contribution in [3.8, 4) is 0 Å². The largest absolute Gasteiger partial charge is 0.377 e. The van der Waals surface area contributed by atoms with E-state index in [9.17, 15) is 0 Å². The van der Waals surface area contributed by atoms with Crippen LogP contribution in [0.1, 0.15) is 6.92 Å². The van der Waals surface area contributed by atoms with Gasteiger partial charge in [-0.05, 0) is 6.92 Å². The Bertz CT molecular complexity index is 97.1. The van der Waals surface area contributed by atoms with Crippen molar-refractivity contribution < 1.29 is 9.57 Å². The number of hydrogen-bond donors (Lipinski definition) is 0. The van der Waals surface area contributed by atoms with Gasteiger partial charge in [0.15, 0.2) is 0 Å². The summed E-state index contributed by atoms with van der Waals surface area (Å²) >= 11 is 0. The van der Waals surface area contributed by atoms with Gasteiger partial charge in [0.05, 0.1) is 18.8 Å². The second kappa shape index (κ2) is 2.64. The summed E-state index contributed by atoms with van der Waals surface area (Å²) in [6.07, 6.45) is 0.245. The van der Waals surface area contributed by atoms with E-state index >= 15 is 0 Å². The number of ether oxygens (including phenoxy) is 1. The molecule has 0 aromatic rings. The van der Waals surface area contributed by atoms with Gasteiger partial charge in [-0.1, -0.05) is 0 Å². The Morgan fingerprint density at radius 3 is 2.56 bits per heavy atom. The summed E-state index contributed by atoms with van der Waals surface area (Å²) in [5.74, 6) is 0. The number of rotatable bonds is 1. The minimum absolute atomic E-state index is 0.245. The van der Waals surface area contributed by atoms with E-state index in [1.54, 1.807) is 7.11 Å². The molecule has 54 valence electrons. The fourth-order valence-electron chi connectivity index (χ4n) is 0.947. The molecule has 0 aliphatic carbocycles. The maximum Gasteiger partial charge on any atom is 0.0999 e. The quantitative estimate of drug-likeness (QED) is 0.509. The van der Waals surface area contributed by atoms with Crippen molar-refractivity contribution in [2.75, 3.05) is 20.8 Å². The molecular weight excluding hydrogens is 118 g/mol. The van der Waals surface area contributed by atoms with Gasteiger partial charge in [-0.15, -0.1) is 0 Å². The first kappa shape index (κ1) is 6.99. The predicted octanol–water partition coefficient (Wildman–Crippen LogP) is 0.267. The zero-order valence-electron chi connectivity index (χ0n) is 6.13. The maximum absolute atomic E-state index is 5.18. The zero-order chi connectivity index (χ0) is 6.85. The number of nitrogens with zero attached hydrogens (tertiary/aromatic N) is 1. The molecule has 0 aromatic heterocycles. The van der Waals surface area contributed by atoms with Crippen molar-refractivity contribution in [3.05, 3.63) is 0 Å². The molecule has 3 heteroatoms. The molecule has 1 saturated heterocycles. The molecule has 2 atom stereocenters.